The molecule has 1 aromatic carbocycles. The first kappa shape index (κ1) is 17.3. The number of methoxy groups -OCH3 is 1. The smallest absolute Gasteiger partial charge is 0.437 e. The molecule has 1 heterocycles. The number of ether oxygens (including phenoxy) is 1. The number of aromatic amines is 1. The zero-order valence-corrected chi connectivity index (χ0v) is 13.4. The van der Waals surface area contributed by atoms with E-state index in [2.05, 4.69) is 15.0 Å². The second kappa shape index (κ2) is 7.47. The van der Waals surface area contributed by atoms with E-state index in [1.54, 1.807) is 13.0 Å². The number of aliphatic imine (C=N–C) groups is 1. The van der Waals surface area contributed by atoms with Crippen molar-refractivity contribution in [1.82, 2.24) is 10.0 Å². The molecule has 1 aromatic heterocycles. The molecule has 24 heavy (non-hydrogen) atoms. The molecule has 0 saturated carbocycles. The number of benzene rings is 1. The van der Waals surface area contributed by atoms with E-state index in [1.807, 2.05) is 0 Å². The van der Waals surface area contributed by atoms with Crippen molar-refractivity contribution in [3.05, 3.63) is 47.4 Å². The van der Waals surface area contributed by atoms with Gasteiger partial charge in [0.05, 0.1) is 20.3 Å². The van der Waals surface area contributed by atoms with Gasteiger partial charge in [0.1, 0.15) is 11.5 Å². The minimum Gasteiger partial charge on any atom is -0.471 e. The van der Waals surface area contributed by atoms with Gasteiger partial charge in [-0.2, -0.15) is 0 Å². The number of H-pyrrole nitrogens is 1. The molecule has 0 spiro atoms. The third kappa shape index (κ3) is 4.02. The summed E-state index contributed by atoms with van der Waals surface area (Å²) in [5.41, 5.74) is 6.66. The van der Waals surface area contributed by atoms with E-state index >= 15 is 0 Å². The van der Waals surface area contributed by atoms with Crippen molar-refractivity contribution in [2.24, 2.45) is 10.7 Å². The number of hydrogen-bond donors (Lipinski definition) is 1. The van der Waals surface area contributed by atoms with Crippen LogP contribution >= 0.6 is 0 Å². The summed E-state index contributed by atoms with van der Waals surface area (Å²) in [4.78, 5) is 28.3. The van der Waals surface area contributed by atoms with Crippen molar-refractivity contribution in [3.63, 3.8) is 0 Å². The Morgan fingerprint density at radius 2 is 2.00 bits per heavy atom. The van der Waals surface area contributed by atoms with Crippen LogP contribution in [0, 0.1) is 12.7 Å². The van der Waals surface area contributed by atoms with Crippen molar-refractivity contribution < 1.29 is 23.7 Å². The number of aromatic nitrogens is 2. The average molecular weight is 334 g/mol. The van der Waals surface area contributed by atoms with Gasteiger partial charge >= 0.3 is 11.9 Å². The fourth-order valence-electron chi connectivity index (χ4n) is 1.87. The van der Waals surface area contributed by atoms with Crippen LogP contribution in [0.2, 0.25) is 0 Å². The molecule has 0 aliphatic heterocycles. The highest BCUT2D eigenvalue weighted by Gasteiger charge is 2.23. The Morgan fingerprint density at radius 1 is 1.33 bits per heavy atom. The molecule has 3 N–H and O–H groups in total. The molecule has 2 rings (SSSR count). The highest BCUT2D eigenvalue weighted by atomic mass is 19.1. The number of halogens is 1. The molecule has 126 valence electrons. The highest BCUT2D eigenvalue weighted by Crippen LogP contribution is 2.10. The van der Waals surface area contributed by atoms with Gasteiger partial charge in [-0.3, -0.25) is 9.63 Å². The number of carbonyl (C=O) groups is 1. The summed E-state index contributed by atoms with van der Waals surface area (Å²) in [6.45, 7) is 1.75. The largest absolute Gasteiger partial charge is 0.471 e. The van der Waals surface area contributed by atoms with Gasteiger partial charge in [-0.1, -0.05) is 4.98 Å². The fraction of sp³-hybridized carbons (Fsp3) is 0.200. The number of hydroxylamine groups is 2. The molecule has 0 saturated heterocycles. The van der Waals surface area contributed by atoms with Gasteiger partial charge in [0.15, 0.2) is 0 Å². The number of nitrogens with two attached hydrogens (primary N) is 1. The minimum atomic E-state index is -0.599. The normalized spacial score (nSPS) is 11.2. The summed E-state index contributed by atoms with van der Waals surface area (Å²) < 4.78 is 18.0. The summed E-state index contributed by atoms with van der Waals surface area (Å²) in [5, 5.41) is 0.775. The van der Waals surface area contributed by atoms with Crippen LogP contribution in [0.25, 0.3) is 0 Å². The number of nitrogens with one attached hydrogen (secondary N) is 1. The molecule has 1 amide bonds. The number of guanidine groups is 1. The summed E-state index contributed by atoms with van der Waals surface area (Å²) in [7, 11) is 2.75. The van der Waals surface area contributed by atoms with E-state index in [0.29, 0.717) is 11.6 Å². The maximum absolute atomic E-state index is 13.0. The first-order valence-electron chi connectivity index (χ1n) is 6.88. The van der Waals surface area contributed by atoms with Crippen LogP contribution in [0.15, 0.2) is 35.3 Å². The van der Waals surface area contributed by atoms with Crippen molar-refractivity contribution >= 4 is 17.8 Å². The molecule has 0 unspecified atom stereocenters. The van der Waals surface area contributed by atoms with Gasteiger partial charge in [-0.15, -0.1) is 5.06 Å². The zero-order chi connectivity index (χ0) is 17.7. The van der Waals surface area contributed by atoms with Crippen LogP contribution < -0.4 is 15.5 Å². The molecule has 0 aliphatic rings. The lowest BCUT2D eigenvalue weighted by molar-refractivity contribution is -0.382. The number of amides is 1. The Balaban J connectivity index is 2.30. The molecule has 0 bridgehead atoms. The molecular formula is C15H17FN5O3+. The summed E-state index contributed by atoms with van der Waals surface area (Å²) in [6, 6.07) is 6.63. The predicted molar refractivity (Wildman–Crippen MR) is 82.9 cm³/mol. The Labute approximate surface area is 137 Å². The zero-order valence-electron chi connectivity index (χ0n) is 13.4. The van der Waals surface area contributed by atoms with Crippen LogP contribution in [0.3, 0.4) is 0 Å². The second-order valence-electron chi connectivity index (χ2n) is 4.67. The van der Waals surface area contributed by atoms with Crippen molar-refractivity contribution in [2.75, 3.05) is 14.2 Å². The highest BCUT2D eigenvalue weighted by molar-refractivity contribution is 6.04. The topological polar surface area (TPSA) is 104 Å². The van der Waals surface area contributed by atoms with Gasteiger partial charge in [-0.05, 0) is 36.2 Å². The van der Waals surface area contributed by atoms with Gasteiger partial charge < -0.3 is 10.5 Å². The van der Waals surface area contributed by atoms with Crippen molar-refractivity contribution in [2.45, 2.75) is 6.92 Å². The maximum Gasteiger partial charge on any atom is 0.437 e. The van der Waals surface area contributed by atoms with E-state index in [-0.39, 0.29) is 17.5 Å². The van der Waals surface area contributed by atoms with Crippen LogP contribution in [-0.2, 0) is 4.84 Å². The van der Waals surface area contributed by atoms with Crippen LogP contribution in [0.4, 0.5) is 10.3 Å². The summed E-state index contributed by atoms with van der Waals surface area (Å²) in [6.07, 6.45) is 0. The van der Waals surface area contributed by atoms with Gasteiger partial charge in [0, 0.05) is 5.56 Å². The molecule has 0 radical (unpaired) electrons. The quantitative estimate of drug-likeness (QED) is 0.510. The fourth-order valence-corrected chi connectivity index (χ4v) is 1.87. The number of hydrogen-bond acceptors (Lipinski definition) is 5. The first-order valence-corrected chi connectivity index (χ1v) is 6.88. The lowest BCUT2D eigenvalue weighted by atomic mass is 10.2. The van der Waals surface area contributed by atoms with Crippen molar-refractivity contribution in [1.29, 1.82) is 0 Å². The second-order valence-corrected chi connectivity index (χ2v) is 4.67. The third-order valence-corrected chi connectivity index (χ3v) is 2.96. The Bertz CT molecular complexity index is 764. The van der Waals surface area contributed by atoms with E-state index < -0.39 is 11.7 Å². The first-order chi connectivity index (χ1) is 11.4. The minimum absolute atomic E-state index is 0.137. The van der Waals surface area contributed by atoms with E-state index in [4.69, 9.17) is 15.3 Å². The lowest BCUT2D eigenvalue weighted by Crippen LogP contribution is -2.41. The maximum atomic E-state index is 13.0. The van der Waals surface area contributed by atoms with Crippen LogP contribution in [0.1, 0.15) is 16.1 Å². The standard InChI is InChI=1S/C15H16FN5O3/c1-9-8-12(23-2)19-15(18-9)20-14(17)21(24-3)13(22)10-4-6-11(16)7-5-10/h4-8H,1-3H3,(H2,17,18,19,20)/p+1. The molecule has 0 atom stereocenters. The van der Waals surface area contributed by atoms with E-state index in [9.17, 15) is 9.18 Å². The Morgan fingerprint density at radius 3 is 2.58 bits per heavy atom. The Hall–Kier alpha value is -3.07. The van der Waals surface area contributed by atoms with E-state index in [0.717, 1.165) is 17.2 Å². The van der Waals surface area contributed by atoms with Gasteiger partial charge in [0.25, 0.3) is 11.8 Å². The SMILES string of the molecule is COc1cc(C)nc(N=C(N)N(OC)C(=O)c2ccc(F)cc2)[nH+]1. The molecule has 2 aromatic rings. The molecular weight excluding hydrogens is 317 g/mol. The van der Waals surface area contributed by atoms with Gasteiger partial charge in [0.2, 0.25) is 0 Å². The molecule has 0 fully saturated rings. The van der Waals surface area contributed by atoms with E-state index in [1.165, 1.54) is 26.4 Å². The van der Waals surface area contributed by atoms with Crippen molar-refractivity contribution in [3.8, 4) is 5.88 Å². The molecule has 0 aliphatic carbocycles. The summed E-state index contributed by atoms with van der Waals surface area (Å²) in [5.74, 6) is -0.731. The molecule has 9 heteroatoms. The number of aryl methyl sites for hydroxylation is 1. The Kier molecular flexibility index (Phi) is 5.38. The number of rotatable bonds is 4. The predicted octanol–water partition coefficient (Wildman–Crippen LogP) is 1.00. The monoisotopic (exact) mass is 334 g/mol. The average Bonchev–Trinajstić information content (AvgIpc) is 2.55. The number of nitrogens with zero attached hydrogens (tertiary/aromatic N) is 3. The lowest BCUT2D eigenvalue weighted by Gasteiger charge is -2.15. The molecule has 8 nitrogen and oxygen atoms in total. The van der Waals surface area contributed by atoms with Gasteiger partial charge in [-0.25, -0.2) is 9.37 Å². The van der Waals surface area contributed by atoms with Crippen LogP contribution in [-0.4, -0.2) is 36.1 Å². The number of carbonyl (C=O) groups excluding carboxylic acids is 1. The van der Waals surface area contributed by atoms with Crippen LogP contribution in [0.5, 0.6) is 5.88 Å². The third-order valence-electron chi connectivity index (χ3n) is 2.96. The summed E-state index contributed by atoms with van der Waals surface area (Å²) >= 11 is 0.